The highest BCUT2D eigenvalue weighted by molar-refractivity contribution is 6.00. The predicted octanol–water partition coefficient (Wildman–Crippen LogP) is 1.44. The van der Waals surface area contributed by atoms with Crippen LogP contribution in [0.5, 0.6) is 0 Å². The van der Waals surface area contributed by atoms with E-state index in [2.05, 4.69) is 26.6 Å². The Kier molecular flexibility index (Phi) is 5.41. The number of hydrogen-bond acceptors (Lipinski definition) is 5. The van der Waals surface area contributed by atoms with Crippen molar-refractivity contribution in [3.05, 3.63) is 59.7 Å². The van der Waals surface area contributed by atoms with Crippen molar-refractivity contribution in [2.75, 3.05) is 10.6 Å². The summed E-state index contributed by atoms with van der Waals surface area (Å²) in [4.78, 5) is 38.0. The van der Waals surface area contributed by atoms with Crippen molar-refractivity contribution in [2.45, 2.75) is 32.7 Å². The van der Waals surface area contributed by atoms with Crippen molar-refractivity contribution in [3.8, 4) is 0 Å². The van der Waals surface area contributed by atoms with Crippen LogP contribution in [-0.4, -0.2) is 30.2 Å². The number of carbonyl (C=O) groups is 3. The summed E-state index contributed by atoms with van der Waals surface area (Å²) in [6, 6.07) is 15.1. The van der Waals surface area contributed by atoms with Gasteiger partial charge >= 0.3 is 0 Å². The van der Waals surface area contributed by atoms with Crippen molar-refractivity contribution in [1.29, 1.82) is 0 Å². The van der Waals surface area contributed by atoms with E-state index in [1.165, 1.54) is 0 Å². The van der Waals surface area contributed by atoms with Gasteiger partial charge in [0, 0.05) is 17.8 Å². The highest BCUT2D eigenvalue weighted by Crippen LogP contribution is 2.28. The van der Waals surface area contributed by atoms with Crippen LogP contribution in [0, 0.1) is 25.7 Å². The van der Waals surface area contributed by atoms with Gasteiger partial charge in [-0.15, -0.1) is 0 Å². The van der Waals surface area contributed by atoms with Crippen LogP contribution in [0.1, 0.15) is 17.5 Å². The monoisotopic (exact) mass is 407 g/mol. The largest absolute Gasteiger partial charge is 0.353 e. The average molecular weight is 407 g/mol. The third-order valence-electron chi connectivity index (χ3n) is 5.47. The minimum absolute atomic E-state index is 0.0377. The first-order chi connectivity index (χ1) is 14.4. The molecule has 2 aliphatic rings. The number of carbonyl (C=O) groups excluding carboxylic acids is 3. The normalized spacial score (nSPS) is 25.5. The summed E-state index contributed by atoms with van der Waals surface area (Å²) in [5.74, 6) is -2.36. The Bertz CT molecular complexity index is 958. The molecule has 4 atom stereocenters. The van der Waals surface area contributed by atoms with Gasteiger partial charge in [0.1, 0.15) is 0 Å². The highest BCUT2D eigenvalue weighted by Gasteiger charge is 2.48. The maximum atomic E-state index is 12.9. The van der Waals surface area contributed by atoms with E-state index in [4.69, 9.17) is 0 Å². The summed E-state index contributed by atoms with van der Waals surface area (Å²) < 4.78 is 0. The van der Waals surface area contributed by atoms with Gasteiger partial charge in [-0.1, -0.05) is 35.4 Å². The molecular formula is C22H25N5O3. The molecule has 4 rings (SSSR count). The van der Waals surface area contributed by atoms with E-state index in [-0.39, 0.29) is 24.1 Å². The lowest BCUT2D eigenvalue weighted by Crippen LogP contribution is -2.72. The molecule has 8 heteroatoms. The molecule has 2 aliphatic heterocycles. The lowest BCUT2D eigenvalue weighted by molar-refractivity contribution is -0.144. The Morgan fingerprint density at radius 1 is 0.900 bits per heavy atom. The van der Waals surface area contributed by atoms with Crippen LogP contribution < -0.4 is 26.6 Å². The van der Waals surface area contributed by atoms with Crippen molar-refractivity contribution in [3.63, 3.8) is 0 Å². The third kappa shape index (κ3) is 4.28. The van der Waals surface area contributed by atoms with Crippen LogP contribution in [0.15, 0.2) is 48.5 Å². The number of rotatable bonds is 4. The van der Waals surface area contributed by atoms with Gasteiger partial charge in [0.25, 0.3) is 0 Å². The summed E-state index contributed by atoms with van der Waals surface area (Å²) in [6.45, 7) is 3.95. The van der Waals surface area contributed by atoms with E-state index in [0.29, 0.717) is 5.69 Å². The average Bonchev–Trinajstić information content (AvgIpc) is 2.70. The van der Waals surface area contributed by atoms with Crippen LogP contribution >= 0.6 is 0 Å². The summed E-state index contributed by atoms with van der Waals surface area (Å²) in [7, 11) is 0. The molecule has 0 spiro atoms. The molecule has 2 heterocycles. The van der Waals surface area contributed by atoms with Crippen molar-refractivity contribution < 1.29 is 14.4 Å². The minimum atomic E-state index is -0.766. The molecule has 0 saturated carbocycles. The van der Waals surface area contributed by atoms with E-state index in [1.807, 2.05) is 50.2 Å². The Morgan fingerprint density at radius 3 is 2.13 bits per heavy atom. The number of amides is 3. The summed E-state index contributed by atoms with van der Waals surface area (Å²) in [5, 5.41) is 14.8. The Labute approximate surface area is 174 Å². The van der Waals surface area contributed by atoms with Crippen LogP contribution in [0.4, 0.5) is 11.4 Å². The quantitative estimate of drug-likeness (QED) is 0.527. The highest BCUT2D eigenvalue weighted by atomic mass is 16.2. The molecule has 2 aromatic rings. The molecule has 2 saturated heterocycles. The van der Waals surface area contributed by atoms with Crippen molar-refractivity contribution >= 4 is 29.1 Å². The summed E-state index contributed by atoms with van der Waals surface area (Å²) in [6.07, 6.45) is -1.25. The molecule has 5 N–H and O–H groups in total. The molecule has 0 aromatic heterocycles. The van der Waals surface area contributed by atoms with Gasteiger partial charge in [-0.05, 0) is 38.1 Å². The molecule has 8 nitrogen and oxygen atoms in total. The second-order valence-electron chi connectivity index (χ2n) is 7.86. The number of piperidine rings is 1. The van der Waals surface area contributed by atoms with E-state index in [9.17, 15) is 14.4 Å². The lowest BCUT2D eigenvalue weighted by atomic mass is 9.81. The number of nitrogens with one attached hydrogen (secondary N) is 5. The summed E-state index contributed by atoms with van der Waals surface area (Å²) >= 11 is 0. The van der Waals surface area contributed by atoms with Crippen molar-refractivity contribution in [1.82, 2.24) is 16.0 Å². The zero-order valence-corrected chi connectivity index (χ0v) is 16.9. The standard InChI is InChI=1S/C22H25N5O3/c1-12-3-7-14(8-4-12)23-20(29)16-11-17(28)25-19-18(16)21(30)27-22(26-19)24-15-9-5-13(2)6-10-15/h3-10,16,18-19,22,24,26H,11H2,1-2H3,(H,23,29)(H,25,28)(H,27,30). The van der Waals surface area contributed by atoms with Gasteiger partial charge in [-0.2, -0.15) is 0 Å². The van der Waals surface area contributed by atoms with Crippen molar-refractivity contribution in [2.24, 2.45) is 11.8 Å². The van der Waals surface area contributed by atoms with E-state index < -0.39 is 24.3 Å². The van der Waals surface area contributed by atoms with Gasteiger partial charge in [0.05, 0.1) is 18.0 Å². The molecule has 30 heavy (non-hydrogen) atoms. The maximum Gasteiger partial charge on any atom is 0.229 e. The van der Waals surface area contributed by atoms with E-state index in [1.54, 1.807) is 12.1 Å². The zero-order valence-electron chi connectivity index (χ0n) is 16.9. The minimum Gasteiger partial charge on any atom is -0.353 e. The second kappa shape index (κ2) is 8.16. The van der Waals surface area contributed by atoms with Gasteiger partial charge in [0.15, 0.2) is 6.29 Å². The smallest absolute Gasteiger partial charge is 0.229 e. The number of hydrogen-bond donors (Lipinski definition) is 5. The lowest BCUT2D eigenvalue weighted by Gasteiger charge is -2.43. The topological polar surface area (TPSA) is 111 Å². The number of aryl methyl sites for hydroxylation is 2. The summed E-state index contributed by atoms with van der Waals surface area (Å²) in [5.41, 5.74) is 3.67. The molecule has 4 unspecified atom stereocenters. The molecular weight excluding hydrogens is 382 g/mol. The SMILES string of the molecule is Cc1ccc(NC(=O)C2CC(=O)NC3NC(Nc4ccc(C)cc4)NC(=O)C32)cc1. The number of benzene rings is 2. The second-order valence-corrected chi connectivity index (χ2v) is 7.86. The molecule has 156 valence electrons. The first kappa shape index (κ1) is 19.9. The first-order valence-corrected chi connectivity index (χ1v) is 9.95. The van der Waals surface area contributed by atoms with Gasteiger partial charge in [0.2, 0.25) is 17.7 Å². The van der Waals surface area contributed by atoms with Gasteiger partial charge in [-0.3, -0.25) is 19.7 Å². The zero-order chi connectivity index (χ0) is 21.3. The first-order valence-electron chi connectivity index (χ1n) is 9.95. The molecule has 2 aromatic carbocycles. The van der Waals surface area contributed by atoms with E-state index >= 15 is 0 Å². The third-order valence-corrected chi connectivity index (χ3v) is 5.47. The maximum absolute atomic E-state index is 12.9. The Hall–Kier alpha value is -3.39. The van der Waals surface area contributed by atoms with Crippen LogP contribution in [-0.2, 0) is 14.4 Å². The van der Waals surface area contributed by atoms with Crippen LogP contribution in [0.3, 0.4) is 0 Å². The molecule has 0 bridgehead atoms. The van der Waals surface area contributed by atoms with Crippen LogP contribution in [0.2, 0.25) is 0 Å². The Balaban J connectivity index is 1.47. The van der Waals surface area contributed by atoms with Gasteiger partial charge < -0.3 is 21.3 Å². The fourth-order valence-electron chi connectivity index (χ4n) is 3.84. The fraction of sp³-hybridized carbons (Fsp3) is 0.318. The van der Waals surface area contributed by atoms with Crippen LogP contribution in [0.25, 0.3) is 0 Å². The molecule has 0 aliphatic carbocycles. The van der Waals surface area contributed by atoms with Gasteiger partial charge in [-0.25, -0.2) is 0 Å². The number of fused-ring (bicyclic) bond motifs is 1. The molecule has 0 radical (unpaired) electrons. The predicted molar refractivity (Wildman–Crippen MR) is 113 cm³/mol. The Morgan fingerprint density at radius 2 is 1.50 bits per heavy atom. The fourth-order valence-corrected chi connectivity index (χ4v) is 3.84. The number of anilines is 2. The van der Waals surface area contributed by atoms with E-state index in [0.717, 1.165) is 16.8 Å². The molecule has 2 fully saturated rings. The molecule has 3 amide bonds.